The van der Waals surface area contributed by atoms with Gasteiger partial charge in [0.15, 0.2) is 0 Å². The van der Waals surface area contributed by atoms with Crippen molar-refractivity contribution in [1.82, 2.24) is 19.8 Å². The fourth-order valence-corrected chi connectivity index (χ4v) is 4.82. The first-order valence-electron chi connectivity index (χ1n) is 10.7. The van der Waals surface area contributed by atoms with E-state index in [4.69, 9.17) is 4.74 Å². The lowest BCUT2D eigenvalue weighted by molar-refractivity contribution is -0.0655. The van der Waals surface area contributed by atoms with Gasteiger partial charge in [0.1, 0.15) is 12.9 Å². The average molecular weight is 407 g/mol. The van der Waals surface area contributed by atoms with Crippen molar-refractivity contribution in [1.29, 1.82) is 0 Å². The first kappa shape index (κ1) is 21.0. The van der Waals surface area contributed by atoms with Crippen LogP contribution >= 0.6 is 0 Å². The molecule has 0 radical (unpaired) electrons. The number of ether oxygens (including phenoxy) is 1. The molecule has 0 saturated carbocycles. The van der Waals surface area contributed by atoms with Gasteiger partial charge in [0, 0.05) is 61.7 Å². The van der Waals surface area contributed by atoms with Crippen LogP contribution < -0.4 is 0 Å². The molecule has 3 heterocycles. The minimum atomic E-state index is 0.195. The second kappa shape index (κ2) is 10.1. The van der Waals surface area contributed by atoms with Gasteiger partial charge in [-0.2, -0.15) is 0 Å². The summed E-state index contributed by atoms with van der Waals surface area (Å²) in [5.41, 5.74) is 3.44. The molecular weight excluding hydrogens is 376 g/mol. The fourth-order valence-electron chi connectivity index (χ4n) is 4.82. The van der Waals surface area contributed by atoms with E-state index in [1.807, 2.05) is 12.4 Å². The summed E-state index contributed by atoms with van der Waals surface area (Å²) >= 11 is 0. The molecule has 0 unspecified atom stereocenters. The number of hydrogen-bond acceptors (Lipinski definition) is 6. The first-order valence-corrected chi connectivity index (χ1v) is 10.7. The summed E-state index contributed by atoms with van der Waals surface area (Å²) in [6.07, 6.45) is 7.73. The lowest BCUT2D eigenvalue weighted by atomic mass is 9.74. The van der Waals surface area contributed by atoms with E-state index in [0.717, 1.165) is 43.7 Å². The van der Waals surface area contributed by atoms with Crippen LogP contribution in [0.1, 0.15) is 35.4 Å². The second-order valence-electron chi connectivity index (χ2n) is 8.13. The lowest BCUT2D eigenvalue weighted by Crippen LogP contribution is -2.67. The zero-order valence-electron chi connectivity index (χ0n) is 17.6. The number of rotatable bonds is 5. The molecular formula is C24H30N4O2. The Morgan fingerprint density at radius 2 is 1.90 bits per heavy atom. The number of hydrogen-bond donors (Lipinski definition) is 1. The molecule has 2 saturated heterocycles. The minimum absolute atomic E-state index is 0.195. The maximum atomic E-state index is 10.1. The number of aromatic nitrogens is 2. The molecule has 1 aromatic carbocycles. The van der Waals surface area contributed by atoms with E-state index < -0.39 is 0 Å². The molecule has 0 amide bonds. The normalized spacial score (nSPS) is 24.7. The maximum Gasteiger partial charge on any atom is 0.115 e. The van der Waals surface area contributed by atoms with E-state index in [1.165, 1.54) is 12.0 Å². The predicted octanol–water partition coefficient (Wildman–Crippen LogP) is 1.90. The van der Waals surface area contributed by atoms with Crippen LogP contribution in [0.15, 0.2) is 43.0 Å². The summed E-state index contributed by atoms with van der Waals surface area (Å²) in [5.74, 6) is 6.46. The van der Waals surface area contributed by atoms with Crippen molar-refractivity contribution in [3.8, 4) is 11.8 Å². The number of methoxy groups -OCH3 is 1. The van der Waals surface area contributed by atoms with Gasteiger partial charge in [-0.05, 0) is 43.6 Å². The zero-order chi connectivity index (χ0) is 20.8. The van der Waals surface area contributed by atoms with Crippen molar-refractivity contribution >= 4 is 0 Å². The Kier molecular flexibility index (Phi) is 7.08. The first-order chi connectivity index (χ1) is 14.8. The molecule has 30 heavy (non-hydrogen) atoms. The molecule has 6 nitrogen and oxygen atoms in total. The van der Waals surface area contributed by atoms with Crippen LogP contribution in [0.5, 0.6) is 0 Å². The highest BCUT2D eigenvalue weighted by Crippen LogP contribution is 2.42. The Morgan fingerprint density at radius 3 is 2.63 bits per heavy atom. The third kappa shape index (κ3) is 4.71. The van der Waals surface area contributed by atoms with Crippen LogP contribution in [-0.2, 0) is 11.3 Å². The van der Waals surface area contributed by atoms with Gasteiger partial charge in [0.05, 0.1) is 6.61 Å². The van der Waals surface area contributed by atoms with E-state index in [0.29, 0.717) is 18.6 Å². The summed E-state index contributed by atoms with van der Waals surface area (Å²) < 4.78 is 5.00. The van der Waals surface area contributed by atoms with E-state index in [-0.39, 0.29) is 12.6 Å². The van der Waals surface area contributed by atoms with E-state index in [1.54, 1.807) is 13.4 Å². The van der Waals surface area contributed by atoms with E-state index >= 15 is 0 Å². The Labute approximate surface area is 178 Å². The summed E-state index contributed by atoms with van der Waals surface area (Å²) in [6.45, 7) is 4.65. The third-order valence-corrected chi connectivity index (χ3v) is 6.22. The van der Waals surface area contributed by atoms with Crippen molar-refractivity contribution in [3.05, 3.63) is 59.7 Å². The van der Waals surface area contributed by atoms with Crippen LogP contribution in [0.25, 0.3) is 0 Å². The summed E-state index contributed by atoms with van der Waals surface area (Å²) in [4.78, 5) is 13.3. The molecule has 4 rings (SSSR count). The topological polar surface area (TPSA) is 61.7 Å². The minimum Gasteiger partial charge on any atom is -0.395 e. The smallest absolute Gasteiger partial charge is 0.115 e. The standard InChI is InChI=1S/C24H30N4O2/c1-30-12-4-5-19-6-8-21(9-7-19)24-22-16-27(15-20-13-25-18-26-14-20)10-2-3-11-28(22)23(24)17-29/h6-9,13-14,18,22-24,29H,2-3,10-12,15-17H2,1H3/t22-,23+,24+/m1/s1. The molecule has 2 aromatic rings. The van der Waals surface area contributed by atoms with E-state index in [9.17, 15) is 5.11 Å². The summed E-state index contributed by atoms with van der Waals surface area (Å²) in [6, 6.07) is 9.12. The monoisotopic (exact) mass is 406 g/mol. The molecule has 2 aliphatic heterocycles. The maximum absolute atomic E-state index is 10.1. The number of aliphatic hydroxyl groups excluding tert-OH is 1. The van der Waals surface area contributed by atoms with Crippen molar-refractivity contribution in [2.75, 3.05) is 40.0 Å². The van der Waals surface area contributed by atoms with Gasteiger partial charge >= 0.3 is 0 Å². The highest BCUT2D eigenvalue weighted by molar-refractivity contribution is 5.39. The molecule has 6 heteroatoms. The van der Waals surface area contributed by atoms with Crippen molar-refractivity contribution in [2.45, 2.75) is 37.4 Å². The van der Waals surface area contributed by atoms with Crippen LogP contribution in [0.2, 0.25) is 0 Å². The Morgan fingerprint density at radius 1 is 1.13 bits per heavy atom. The number of aliphatic hydroxyl groups is 1. The van der Waals surface area contributed by atoms with E-state index in [2.05, 4.69) is 55.9 Å². The number of fused-ring (bicyclic) bond motifs is 1. The van der Waals surface area contributed by atoms with Crippen LogP contribution in [0.3, 0.4) is 0 Å². The van der Waals surface area contributed by atoms with Gasteiger partial charge < -0.3 is 9.84 Å². The molecule has 1 aromatic heterocycles. The van der Waals surface area contributed by atoms with Gasteiger partial charge in [-0.1, -0.05) is 24.0 Å². The molecule has 0 bridgehead atoms. The summed E-state index contributed by atoms with van der Waals surface area (Å²) in [7, 11) is 1.65. The molecule has 2 aliphatic rings. The van der Waals surface area contributed by atoms with Crippen molar-refractivity contribution in [3.63, 3.8) is 0 Å². The average Bonchev–Trinajstić information content (AvgIpc) is 2.76. The highest BCUT2D eigenvalue weighted by Gasteiger charge is 2.48. The van der Waals surface area contributed by atoms with Gasteiger partial charge in [-0.15, -0.1) is 0 Å². The second-order valence-corrected chi connectivity index (χ2v) is 8.13. The Bertz CT molecular complexity index is 862. The van der Waals surface area contributed by atoms with Gasteiger partial charge in [-0.3, -0.25) is 9.80 Å². The van der Waals surface area contributed by atoms with Crippen LogP contribution in [0, 0.1) is 11.8 Å². The Hall–Kier alpha value is -2.30. The lowest BCUT2D eigenvalue weighted by Gasteiger charge is -2.57. The fraction of sp³-hybridized carbons (Fsp3) is 0.500. The highest BCUT2D eigenvalue weighted by atomic mass is 16.5. The van der Waals surface area contributed by atoms with Crippen LogP contribution in [0.4, 0.5) is 0 Å². The van der Waals surface area contributed by atoms with Crippen molar-refractivity contribution in [2.24, 2.45) is 0 Å². The summed E-state index contributed by atoms with van der Waals surface area (Å²) in [5, 5.41) is 10.1. The van der Waals surface area contributed by atoms with Gasteiger partial charge in [-0.25, -0.2) is 9.97 Å². The molecule has 3 atom stereocenters. The molecule has 1 N–H and O–H groups in total. The molecule has 2 fully saturated rings. The predicted molar refractivity (Wildman–Crippen MR) is 116 cm³/mol. The molecule has 158 valence electrons. The quantitative estimate of drug-likeness (QED) is 0.766. The third-order valence-electron chi connectivity index (χ3n) is 6.22. The number of benzene rings is 1. The number of nitrogens with zero attached hydrogens (tertiary/aromatic N) is 4. The van der Waals surface area contributed by atoms with Gasteiger partial charge in [0.25, 0.3) is 0 Å². The van der Waals surface area contributed by atoms with Crippen molar-refractivity contribution < 1.29 is 9.84 Å². The van der Waals surface area contributed by atoms with Crippen LogP contribution in [-0.4, -0.2) is 76.9 Å². The largest absolute Gasteiger partial charge is 0.395 e. The molecule has 0 spiro atoms. The SMILES string of the molecule is COCC#Cc1ccc([C@H]2[C@H]3CN(Cc4cncnc4)CCCCN3[C@H]2CO)cc1. The zero-order valence-corrected chi connectivity index (χ0v) is 17.6. The Balaban J connectivity index is 1.50. The molecule has 0 aliphatic carbocycles. The van der Waals surface area contributed by atoms with Gasteiger partial charge in [0.2, 0.25) is 0 Å².